The third-order valence-corrected chi connectivity index (χ3v) is 3.85. The van der Waals surface area contributed by atoms with E-state index in [0.717, 1.165) is 11.4 Å². The summed E-state index contributed by atoms with van der Waals surface area (Å²) >= 11 is 0. The highest BCUT2D eigenvalue weighted by molar-refractivity contribution is 5.81. The summed E-state index contributed by atoms with van der Waals surface area (Å²) in [6, 6.07) is 1.85. The molecule has 9 nitrogen and oxygen atoms in total. The molecule has 0 atom stereocenters. The lowest BCUT2D eigenvalue weighted by atomic mass is 10.2. The molecule has 1 amide bonds. The van der Waals surface area contributed by atoms with Gasteiger partial charge in [0.1, 0.15) is 13.1 Å². The van der Waals surface area contributed by atoms with Crippen molar-refractivity contribution >= 4 is 11.9 Å². The van der Waals surface area contributed by atoms with Gasteiger partial charge >= 0.3 is 5.97 Å². The highest BCUT2D eigenvalue weighted by Crippen LogP contribution is 2.10. The van der Waals surface area contributed by atoms with E-state index in [-0.39, 0.29) is 31.2 Å². The molecule has 0 radical (unpaired) electrons. The zero-order valence-corrected chi connectivity index (χ0v) is 15.6. The maximum atomic E-state index is 12.7. The number of ether oxygens (including phenoxy) is 1. The standard InChI is InChI=1S/C17H23N5O4/c1-6-26-15(24)8-18-14(23)9-21-16(25)12(4)13(5)19-17(21)22-11(3)7-10(2)20-22/h7H,6,8-9H2,1-5H3,(H,18,23). The van der Waals surface area contributed by atoms with Crippen LogP contribution in [0.5, 0.6) is 0 Å². The molecule has 0 spiro atoms. The van der Waals surface area contributed by atoms with Gasteiger partial charge in [-0.25, -0.2) is 9.67 Å². The van der Waals surface area contributed by atoms with Crippen LogP contribution in [-0.4, -0.2) is 44.4 Å². The number of rotatable bonds is 6. The minimum atomic E-state index is -0.537. The van der Waals surface area contributed by atoms with Crippen molar-refractivity contribution in [2.75, 3.05) is 13.2 Å². The molecule has 2 heterocycles. The molecule has 26 heavy (non-hydrogen) atoms. The van der Waals surface area contributed by atoms with Crippen LogP contribution in [0.15, 0.2) is 10.9 Å². The van der Waals surface area contributed by atoms with Crippen molar-refractivity contribution < 1.29 is 14.3 Å². The third-order valence-electron chi connectivity index (χ3n) is 3.85. The molecule has 0 bridgehead atoms. The van der Waals surface area contributed by atoms with Crippen LogP contribution in [0.25, 0.3) is 5.95 Å². The number of carbonyl (C=O) groups is 2. The van der Waals surface area contributed by atoms with Crippen LogP contribution in [0.4, 0.5) is 0 Å². The Morgan fingerprint density at radius 1 is 1.23 bits per heavy atom. The summed E-state index contributed by atoms with van der Waals surface area (Å²) in [7, 11) is 0. The molecule has 1 N–H and O–H groups in total. The molecule has 0 unspecified atom stereocenters. The van der Waals surface area contributed by atoms with Crippen molar-refractivity contribution in [3.8, 4) is 5.95 Å². The maximum absolute atomic E-state index is 12.7. The monoisotopic (exact) mass is 361 g/mol. The molecule has 0 aliphatic rings. The van der Waals surface area contributed by atoms with E-state index in [0.29, 0.717) is 11.3 Å². The minimum absolute atomic E-state index is 0.233. The van der Waals surface area contributed by atoms with Crippen LogP contribution in [0.2, 0.25) is 0 Å². The van der Waals surface area contributed by atoms with Crippen LogP contribution < -0.4 is 10.9 Å². The lowest BCUT2D eigenvalue weighted by molar-refractivity contribution is -0.143. The normalized spacial score (nSPS) is 10.7. The summed E-state index contributed by atoms with van der Waals surface area (Å²) in [6.45, 7) is 8.44. The van der Waals surface area contributed by atoms with Crippen LogP contribution in [0.3, 0.4) is 0 Å². The van der Waals surface area contributed by atoms with Gasteiger partial charge < -0.3 is 10.1 Å². The quantitative estimate of drug-likeness (QED) is 0.744. The molecular formula is C17H23N5O4. The van der Waals surface area contributed by atoms with E-state index >= 15 is 0 Å². The van der Waals surface area contributed by atoms with Gasteiger partial charge in [-0.2, -0.15) is 5.10 Å². The second kappa shape index (κ2) is 7.94. The van der Waals surface area contributed by atoms with Crippen molar-refractivity contribution in [2.45, 2.75) is 41.2 Å². The summed E-state index contributed by atoms with van der Waals surface area (Å²) in [5.74, 6) is -0.770. The van der Waals surface area contributed by atoms with Crippen molar-refractivity contribution in [1.29, 1.82) is 0 Å². The minimum Gasteiger partial charge on any atom is -0.465 e. The first-order valence-electron chi connectivity index (χ1n) is 8.28. The second-order valence-corrected chi connectivity index (χ2v) is 5.93. The summed E-state index contributed by atoms with van der Waals surface area (Å²) in [6.07, 6.45) is 0. The average molecular weight is 361 g/mol. The fourth-order valence-electron chi connectivity index (χ4n) is 2.46. The molecule has 2 aromatic rings. The predicted molar refractivity (Wildman–Crippen MR) is 94.2 cm³/mol. The summed E-state index contributed by atoms with van der Waals surface area (Å²) in [4.78, 5) is 40.7. The molecule has 9 heteroatoms. The third kappa shape index (κ3) is 4.16. The topological polar surface area (TPSA) is 108 Å². The summed E-state index contributed by atoms with van der Waals surface area (Å²) in [5, 5.41) is 6.79. The molecule has 0 saturated heterocycles. The lowest BCUT2D eigenvalue weighted by Crippen LogP contribution is -2.38. The molecule has 0 aromatic carbocycles. The highest BCUT2D eigenvalue weighted by atomic mass is 16.5. The average Bonchev–Trinajstić information content (AvgIpc) is 2.92. The Hall–Kier alpha value is -2.97. The van der Waals surface area contributed by atoms with E-state index in [4.69, 9.17) is 4.74 Å². The Bertz CT molecular complexity index is 897. The van der Waals surface area contributed by atoms with Crippen LogP contribution in [0, 0.1) is 27.7 Å². The first-order chi connectivity index (χ1) is 12.2. The number of nitrogens with one attached hydrogen (secondary N) is 1. The molecular weight excluding hydrogens is 338 g/mol. The molecule has 0 aliphatic carbocycles. The number of amides is 1. The number of nitrogens with zero attached hydrogens (tertiary/aromatic N) is 4. The fraction of sp³-hybridized carbons (Fsp3) is 0.471. The van der Waals surface area contributed by atoms with Gasteiger partial charge in [-0.05, 0) is 40.7 Å². The van der Waals surface area contributed by atoms with E-state index in [9.17, 15) is 14.4 Å². The molecule has 0 saturated carbocycles. The Morgan fingerprint density at radius 3 is 2.50 bits per heavy atom. The van der Waals surface area contributed by atoms with Crippen molar-refractivity contribution in [3.63, 3.8) is 0 Å². The number of carbonyl (C=O) groups excluding carboxylic acids is 2. The van der Waals surface area contributed by atoms with Crippen LogP contribution in [-0.2, 0) is 20.9 Å². The Morgan fingerprint density at radius 2 is 1.92 bits per heavy atom. The van der Waals surface area contributed by atoms with Gasteiger partial charge in [-0.3, -0.25) is 19.0 Å². The molecule has 140 valence electrons. The van der Waals surface area contributed by atoms with E-state index in [1.807, 2.05) is 19.9 Å². The number of aryl methyl sites for hydroxylation is 3. The van der Waals surface area contributed by atoms with E-state index in [1.54, 1.807) is 20.8 Å². The fourth-order valence-corrected chi connectivity index (χ4v) is 2.46. The molecule has 0 fully saturated rings. The van der Waals surface area contributed by atoms with Gasteiger partial charge in [0.05, 0.1) is 12.3 Å². The largest absolute Gasteiger partial charge is 0.465 e. The maximum Gasteiger partial charge on any atom is 0.325 e. The van der Waals surface area contributed by atoms with Gasteiger partial charge in [0, 0.05) is 17.0 Å². The number of hydrogen-bond donors (Lipinski definition) is 1. The van der Waals surface area contributed by atoms with Gasteiger partial charge in [-0.15, -0.1) is 0 Å². The first-order valence-corrected chi connectivity index (χ1v) is 8.28. The number of esters is 1. The van der Waals surface area contributed by atoms with Crippen molar-refractivity contribution in [3.05, 3.63) is 39.1 Å². The second-order valence-electron chi connectivity index (χ2n) is 5.93. The Balaban J connectivity index is 2.36. The van der Waals surface area contributed by atoms with Crippen LogP contribution in [0.1, 0.15) is 29.6 Å². The van der Waals surface area contributed by atoms with Gasteiger partial charge in [-0.1, -0.05) is 0 Å². The SMILES string of the molecule is CCOC(=O)CNC(=O)Cn1c(-n2nc(C)cc2C)nc(C)c(C)c1=O. The molecule has 2 aromatic heterocycles. The number of hydrogen-bond acceptors (Lipinski definition) is 6. The van der Waals surface area contributed by atoms with E-state index in [1.165, 1.54) is 9.25 Å². The van der Waals surface area contributed by atoms with Crippen LogP contribution >= 0.6 is 0 Å². The van der Waals surface area contributed by atoms with Crippen molar-refractivity contribution in [1.82, 2.24) is 24.6 Å². The molecule has 2 rings (SSSR count). The zero-order chi connectivity index (χ0) is 19.4. The highest BCUT2D eigenvalue weighted by Gasteiger charge is 2.18. The molecule has 0 aliphatic heterocycles. The Kier molecular flexibility index (Phi) is 5.91. The summed E-state index contributed by atoms with van der Waals surface area (Å²) < 4.78 is 7.55. The predicted octanol–water partition coefficient (Wildman–Crippen LogP) is 0.342. The van der Waals surface area contributed by atoms with Gasteiger partial charge in [0.15, 0.2) is 0 Å². The zero-order valence-electron chi connectivity index (χ0n) is 15.6. The van der Waals surface area contributed by atoms with E-state index < -0.39 is 11.9 Å². The van der Waals surface area contributed by atoms with E-state index in [2.05, 4.69) is 15.4 Å². The number of aromatic nitrogens is 4. The van der Waals surface area contributed by atoms with Gasteiger partial charge in [0.25, 0.3) is 5.56 Å². The summed E-state index contributed by atoms with van der Waals surface area (Å²) in [5.41, 5.74) is 2.26. The smallest absolute Gasteiger partial charge is 0.325 e. The van der Waals surface area contributed by atoms with Crippen molar-refractivity contribution in [2.24, 2.45) is 0 Å². The Labute approximate surface area is 151 Å². The first kappa shape index (κ1) is 19.4. The lowest BCUT2D eigenvalue weighted by Gasteiger charge is -2.15. The van der Waals surface area contributed by atoms with Gasteiger partial charge in [0.2, 0.25) is 11.9 Å².